The summed E-state index contributed by atoms with van der Waals surface area (Å²) >= 11 is 0. The van der Waals surface area contributed by atoms with Crippen LogP contribution in [0.4, 0.5) is 11.4 Å². The van der Waals surface area contributed by atoms with Crippen molar-refractivity contribution in [1.82, 2.24) is 0 Å². The van der Waals surface area contributed by atoms with Crippen molar-refractivity contribution in [2.75, 3.05) is 4.90 Å². The van der Waals surface area contributed by atoms with Crippen LogP contribution in [0, 0.1) is 6.92 Å². The third-order valence-corrected chi connectivity index (χ3v) is 6.21. The first-order chi connectivity index (χ1) is 14.0. The molecule has 142 valence electrons. The van der Waals surface area contributed by atoms with Gasteiger partial charge in [-0.05, 0) is 46.4 Å². The minimum absolute atomic E-state index is 0.291. The zero-order valence-electron chi connectivity index (χ0n) is 16.9. The number of carbonyl (C=O) groups excluding carboxylic acids is 1. The maximum absolute atomic E-state index is 11.7. The fraction of sp³-hybridized carbons (Fsp3) is 0.148. The average molecular weight is 377 g/mol. The summed E-state index contributed by atoms with van der Waals surface area (Å²) in [4.78, 5) is 14.0. The van der Waals surface area contributed by atoms with E-state index in [0.717, 1.165) is 23.4 Å². The van der Waals surface area contributed by atoms with Crippen molar-refractivity contribution in [2.45, 2.75) is 26.2 Å². The topological polar surface area (TPSA) is 20.3 Å². The number of anilines is 2. The summed E-state index contributed by atoms with van der Waals surface area (Å²) in [5, 5.41) is 4.86. The van der Waals surface area contributed by atoms with Gasteiger partial charge in [-0.15, -0.1) is 0 Å². The number of aldehydes is 1. The highest BCUT2D eigenvalue weighted by Gasteiger charge is 2.42. The molecule has 5 rings (SSSR count). The number of benzene rings is 4. The van der Waals surface area contributed by atoms with Gasteiger partial charge >= 0.3 is 0 Å². The number of hydrogen-bond acceptors (Lipinski definition) is 2. The van der Waals surface area contributed by atoms with Crippen molar-refractivity contribution >= 4 is 39.2 Å². The van der Waals surface area contributed by atoms with E-state index in [1.807, 2.05) is 0 Å². The van der Waals surface area contributed by atoms with Gasteiger partial charge in [0.1, 0.15) is 6.29 Å². The lowest BCUT2D eigenvalue weighted by molar-refractivity contribution is -0.104. The van der Waals surface area contributed by atoms with Gasteiger partial charge in [0.15, 0.2) is 0 Å². The molecule has 0 aromatic heterocycles. The Morgan fingerprint density at radius 3 is 2.14 bits per heavy atom. The average Bonchev–Trinajstić information content (AvgIpc) is 2.95. The second-order valence-electron chi connectivity index (χ2n) is 8.28. The smallest absolute Gasteiger partial charge is 0.144 e. The molecule has 1 aliphatic rings. The molecule has 0 radical (unpaired) electrons. The number of carbonyl (C=O) groups is 1. The monoisotopic (exact) mass is 377 g/mol. The van der Waals surface area contributed by atoms with Crippen LogP contribution in [0.15, 0.2) is 84.6 Å². The van der Waals surface area contributed by atoms with Crippen LogP contribution in [0.1, 0.15) is 25.0 Å². The van der Waals surface area contributed by atoms with Crippen LogP contribution in [0.5, 0.6) is 0 Å². The molecule has 1 aliphatic heterocycles. The van der Waals surface area contributed by atoms with Gasteiger partial charge in [-0.25, -0.2) is 0 Å². The van der Waals surface area contributed by atoms with Gasteiger partial charge in [0.05, 0.1) is 11.4 Å². The summed E-state index contributed by atoms with van der Waals surface area (Å²) in [6.45, 7) is 6.58. The Morgan fingerprint density at radius 2 is 1.41 bits per heavy atom. The molecular formula is C27H23NO. The maximum Gasteiger partial charge on any atom is 0.144 e. The molecule has 0 saturated carbocycles. The summed E-state index contributed by atoms with van der Waals surface area (Å²) in [6, 6.07) is 25.7. The Bertz CT molecular complexity index is 1310. The summed E-state index contributed by atoms with van der Waals surface area (Å²) in [6.07, 6.45) is 2.65. The second-order valence-corrected chi connectivity index (χ2v) is 8.28. The Morgan fingerprint density at radius 1 is 0.793 bits per heavy atom. The standard InChI is InChI=1S/C27H23NO/c1-18-12-13-20-9-5-7-11-22(20)26(18)28-23-15-14-19-8-4-6-10-21(19)25(23)27(2,3)24(28)16-17-29/h4-17H,1-3H3/b24-16+. The molecule has 0 bridgehead atoms. The van der Waals surface area contributed by atoms with Crippen molar-refractivity contribution in [1.29, 1.82) is 0 Å². The van der Waals surface area contributed by atoms with Crippen LogP contribution in [0.3, 0.4) is 0 Å². The first-order valence-corrected chi connectivity index (χ1v) is 10.0. The third-order valence-electron chi connectivity index (χ3n) is 6.21. The van der Waals surface area contributed by atoms with E-state index >= 15 is 0 Å². The lowest BCUT2D eigenvalue weighted by Crippen LogP contribution is -2.23. The third kappa shape index (κ3) is 2.45. The molecule has 2 nitrogen and oxygen atoms in total. The highest BCUT2D eigenvalue weighted by atomic mass is 16.1. The number of hydrogen-bond donors (Lipinski definition) is 0. The highest BCUT2D eigenvalue weighted by Crippen LogP contribution is 2.55. The molecule has 0 unspecified atom stereocenters. The van der Waals surface area contributed by atoms with Gasteiger partial charge < -0.3 is 4.90 Å². The minimum atomic E-state index is -0.291. The van der Waals surface area contributed by atoms with Crippen LogP contribution in [0.2, 0.25) is 0 Å². The zero-order chi connectivity index (χ0) is 20.2. The van der Waals surface area contributed by atoms with Crippen molar-refractivity contribution in [3.63, 3.8) is 0 Å². The Kier molecular flexibility index (Phi) is 3.85. The van der Waals surface area contributed by atoms with E-state index in [1.165, 1.54) is 32.7 Å². The lowest BCUT2D eigenvalue weighted by atomic mass is 9.81. The molecule has 1 heterocycles. The molecule has 0 aliphatic carbocycles. The number of allylic oxidation sites excluding steroid dienone is 2. The van der Waals surface area contributed by atoms with Crippen molar-refractivity contribution in [2.24, 2.45) is 0 Å². The molecule has 0 fully saturated rings. The molecule has 0 atom stereocenters. The molecule has 0 spiro atoms. The number of nitrogens with zero attached hydrogens (tertiary/aromatic N) is 1. The molecule has 29 heavy (non-hydrogen) atoms. The molecule has 4 aromatic carbocycles. The van der Waals surface area contributed by atoms with Crippen LogP contribution in [0.25, 0.3) is 21.5 Å². The van der Waals surface area contributed by atoms with E-state index in [9.17, 15) is 4.79 Å². The first-order valence-electron chi connectivity index (χ1n) is 10.0. The van der Waals surface area contributed by atoms with Crippen LogP contribution in [-0.4, -0.2) is 6.29 Å². The van der Waals surface area contributed by atoms with Gasteiger partial charge in [-0.1, -0.05) is 80.6 Å². The second kappa shape index (κ2) is 6.31. The van der Waals surface area contributed by atoms with E-state index in [-0.39, 0.29) is 5.41 Å². The van der Waals surface area contributed by atoms with Crippen LogP contribution < -0.4 is 4.90 Å². The normalized spacial score (nSPS) is 16.5. The molecule has 0 saturated heterocycles. The SMILES string of the molecule is Cc1ccc2ccccc2c1N1/C(=C/C=O)C(C)(C)c2c1ccc1ccccc21. The first kappa shape index (κ1) is 17.7. The maximum atomic E-state index is 11.7. The quantitative estimate of drug-likeness (QED) is 0.282. The Hall–Kier alpha value is -3.39. The van der Waals surface area contributed by atoms with Crippen LogP contribution >= 0.6 is 0 Å². The summed E-state index contributed by atoms with van der Waals surface area (Å²) < 4.78 is 0. The van der Waals surface area contributed by atoms with Crippen molar-refractivity contribution < 1.29 is 4.79 Å². The molecule has 4 aromatic rings. The zero-order valence-corrected chi connectivity index (χ0v) is 16.9. The molecule has 0 N–H and O–H groups in total. The van der Waals surface area contributed by atoms with Gasteiger partial charge in [0, 0.05) is 16.5 Å². The highest BCUT2D eigenvalue weighted by molar-refractivity contribution is 6.04. The van der Waals surface area contributed by atoms with Gasteiger partial charge in [-0.3, -0.25) is 4.79 Å². The molecule has 2 heteroatoms. The predicted molar refractivity (Wildman–Crippen MR) is 122 cm³/mol. The van der Waals surface area contributed by atoms with Crippen molar-refractivity contribution in [3.05, 3.63) is 95.7 Å². The molecular weight excluding hydrogens is 354 g/mol. The Balaban J connectivity index is 1.92. The van der Waals surface area contributed by atoms with E-state index in [2.05, 4.69) is 98.5 Å². The van der Waals surface area contributed by atoms with E-state index in [1.54, 1.807) is 6.08 Å². The van der Waals surface area contributed by atoms with E-state index < -0.39 is 0 Å². The van der Waals surface area contributed by atoms with Crippen LogP contribution in [-0.2, 0) is 10.2 Å². The fourth-order valence-corrected chi connectivity index (χ4v) is 4.89. The summed E-state index contributed by atoms with van der Waals surface area (Å²) in [5.74, 6) is 0. The van der Waals surface area contributed by atoms with E-state index in [4.69, 9.17) is 0 Å². The number of rotatable bonds is 2. The van der Waals surface area contributed by atoms with Gasteiger partial charge in [0.25, 0.3) is 0 Å². The van der Waals surface area contributed by atoms with E-state index in [0.29, 0.717) is 0 Å². The fourth-order valence-electron chi connectivity index (χ4n) is 4.89. The van der Waals surface area contributed by atoms with Crippen molar-refractivity contribution in [3.8, 4) is 0 Å². The van der Waals surface area contributed by atoms with Gasteiger partial charge in [0.2, 0.25) is 0 Å². The lowest BCUT2D eigenvalue weighted by Gasteiger charge is -2.29. The predicted octanol–water partition coefficient (Wildman–Crippen LogP) is 6.81. The summed E-state index contributed by atoms with van der Waals surface area (Å²) in [5.41, 5.74) is 5.49. The number of aryl methyl sites for hydroxylation is 1. The summed E-state index contributed by atoms with van der Waals surface area (Å²) in [7, 11) is 0. The molecule has 0 amide bonds. The van der Waals surface area contributed by atoms with Gasteiger partial charge in [-0.2, -0.15) is 0 Å². The largest absolute Gasteiger partial charge is 0.312 e. The number of fused-ring (bicyclic) bond motifs is 4. The Labute approximate surface area is 171 Å². The minimum Gasteiger partial charge on any atom is -0.312 e.